The van der Waals surface area contributed by atoms with E-state index in [2.05, 4.69) is 60.2 Å². The molecule has 0 radical (unpaired) electrons. The Labute approximate surface area is 208 Å². The van der Waals surface area contributed by atoms with Gasteiger partial charge in [0.1, 0.15) is 6.61 Å². The van der Waals surface area contributed by atoms with Crippen molar-refractivity contribution in [3.8, 4) is 17.1 Å². The van der Waals surface area contributed by atoms with Crippen LogP contribution in [0, 0.1) is 0 Å². The summed E-state index contributed by atoms with van der Waals surface area (Å²) in [5.41, 5.74) is 2.42. The smallest absolute Gasteiger partial charge is 0.159 e. The highest BCUT2D eigenvalue weighted by atomic mass is 16.5. The van der Waals surface area contributed by atoms with Gasteiger partial charge >= 0.3 is 0 Å². The average molecular weight is 467 g/mol. The fourth-order valence-electron chi connectivity index (χ4n) is 3.87. The third-order valence-corrected chi connectivity index (χ3v) is 5.93. The van der Waals surface area contributed by atoms with E-state index in [-0.39, 0.29) is 0 Å². The summed E-state index contributed by atoms with van der Waals surface area (Å²) in [4.78, 5) is 8.97. The number of rotatable bonds is 20. The quantitative estimate of drug-likeness (QED) is 0.145. The van der Waals surface area contributed by atoms with Crippen molar-refractivity contribution < 1.29 is 9.47 Å². The fourth-order valence-corrected chi connectivity index (χ4v) is 3.87. The average Bonchev–Trinajstić information content (AvgIpc) is 2.87. The number of aromatic nitrogens is 2. The van der Waals surface area contributed by atoms with Gasteiger partial charge in [0.25, 0.3) is 0 Å². The second kappa shape index (κ2) is 19.1. The lowest BCUT2D eigenvalue weighted by molar-refractivity contribution is 0.130. The number of hydrogen-bond acceptors (Lipinski definition) is 4. The second-order valence-electron chi connectivity index (χ2n) is 9.05. The van der Waals surface area contributed by atoms with Gasteiger partial charge in [-0.3, -0.25) is 0 Å². The molecule has 2 rings (SSSR count). The molecular formula is C30H46N2O2. The summed E-state index contributed by atoms with van der Waals surface area (Å²) >= 11 is 0. The zero-order valence-corrected chi connectivity index (χ0v) is 21.6. The van der Waals surface area contributed by atoms with E-state index < -0.39 is 0 Å². The van der Waals surface area contributed by atoms with Crippen LogP contribution in [0.5, 0.6) is 5.75 Å². The molecule has 0 aliphatic carbocycles. The van der Waals surface area contributed by atoms with Crippen molar-refractivity contribution in [2.75, 3.05) is 19.8 Å². The van der Waals surface area contributed by atoms with Gasteiger partial charge in [0.15, 0.2) is 11.6 Å². The zero-order chi connectivity index (χ0) is 24.1. The molecule has 4 heteroatoms. The molecule has 0 amide bonds. The van der Waals surface area contributed by atoms with E-state index in [0.717, 1.165) is 43.9 Å². The van der Waals surface area contributed by atoms with E-state index in [0.29, 0.717) is 12.4 Å². The highest BCUT2D eigenvalue weighted by Crippen LogP contribution is 2.18. The van der Waals surface area contributed by atoms with Crippen LogP contribution < -0.4 is 4.74 Å². The highest BCUT2D eigenvalue weighted by molar-refractivity contribution is 5.55. The molecule has 1 heterocycles. The molecule has 1 aromatic heterocycles. The molecule has 0 bridgehead atoms. The third-order valence-electron chi connectivity index (χ3n) is 5.93. The van der Waals surface area contributed by atoms with Gasteiger partial charge in [0, 0.05) is 18.8 Å². The maximum atomic E-state index is 5.75. The lowest BCUT2D eigenvalue weighted by Gasteiger charge is -2.06. The molecule has 2 aromatic rings. The number of hydrogen-bond donors (Lipinski definition) is 0. The summed E-state index contributed by atoms with van der Waals surface area (Å²) in [5, 5.41) is 0. The Hall–Kier alpha value is -2.20. The van der Waals surface area contributed by atoms with Gasteiger partial charge < -0.3 is 9.47 Å². The van der Waals surface area contributed by atoms with Gasteiger partial charge in [-0.25, -0.2) is 9.97 Å². The van der Waals surface area contributed by atoms with Gasteiger partial charge in [-0.05, 0) is 44.1 Å². The third kappa shape index (κ3) is 12.9. The first-order chi connectivity index (χ1) is 16.8. The Balaban J connectivity index is 1.60. The maximum absolute atomic E-state index is 5.75. The van der Waals surface area contributed by atoms with Crippen molar-refractivity contribution in [1.29, 1.82) is 0 Å². The summed E-state index contributed by atoms with van der Waals surface area (Å²) in [5.74, 6) is 1.45. The van der Waals surface area contributed by atoms with Crippen LogP contribution >= 0.6 is 0 Å². The summed E-state index contributed by atoms with van der Waals surface area (Å²) in [6, 6.07) is 8.63. The molecule has 0 saturated heterocycles. The Bertz CT molecular complexity index is 756. The second-order valence-corrected chi connectivity index (χ2v) is 9.05. The number of allylic oxidation sites excluding steroid dienone is 1. The van der Waals surface area contributed by atoms with Crippen LogP contribution in [-0.4, -0.2) is 29.8 Å². The first-order valence-electron chi connectivity index (χ1n) is 13.6. The van der Waals surface area contributed by atoms with Gasteiger partial charge in [-0.15, -0.1) is 0 Å². The Morgan fingerprint density at radius 1 is 0.706 bits per heavy atom. The number of ether oxygens (including phenoxy) is 2. The summed E-state index contributed by atoms with van der Waals surface area (Å²) in [6.45, 7) is 6.77. The minimum atomic E-state index is 0.568. The number of nitrogens with zero attached hydrogens (tertiary/aromatic N) is 2. The minimum absolute atomic E-state index is 0.568. The van der Waals surface area contributed by atoms with Crippen molar-refractivity contribution >= 4 is 0 Å². The van der Waals surface area contributed by atoms with Crippen LogP contribution in [0.2, 0.25) is 0 Å². The molecule has 188 valence electrons. The largest absolute Gasteiger partial charge is 0.486 e. The van der Waals surface area contributed by atoms with Crippen molar-refractivity contribution in [2.24, 2.45) is 0 Å². The van der Waals surface area contributed by atoms with Crippen LogP contribution in [0.25, 0.3) is 11.4 Å². The summed E-state index contributed by atoms with van der Waals surface area (Å²) in [6.07, 6.45) is 24.1. The summed E-state index contributed by atoms with van der Waals surface area (Å²) < 4.78 is 11.3. The Morgan fingerprint density at radius 2 is 1.41 bits per heavy atom. The predicted octanol–water partition coefficient (Wildman–Crippen LogP) is 8.36. The standard InChI is InChI=1S/C30H46N2O2/c1-3-5-6-7-8-9-10-12-16-24-34-29-25-31-30(32-26-29)28-20-18-27(19-21-28)17-14-11-13-15-23-33-22-4-2/h12,16,18-21,25-26H,3-11,13-15,17,22-24H2,1-2H3. The van der Waals surface area contributed by atoms with Crippen molar-refractivity contribution in [3.05, 3.63) is 54.4 Å². The van der Waals surface area contributed by atoms with E-state index in [9.17, 15) is 0 Å². The normalized spacial score (nSPS) is 11.4. The number of aryl methyl sites for hydroxylation is 1. The molecule has 0 aliphatic heterocycles. The van der Waals surface area contributed by atoms with Gasteiger partial charge in [0.05, 0.1) is 12.4 Å². The molecule has 0 saturated carbocycles. The first kappa shape index (κ1) is 28.0. The van der Waals surface area contributed by atoms with E-state index >= 15 is 0 Å². The van der Waals surface area contributed by atoms with Crippen LogP contribution in [0.15, 0.2) is 48.8 Å². The Morgan fingerprint density at radius 3 is 2.18 bits per heavy atom. The lowest BCUT2D eigenvalue weighted by atomic mass is 10.0. The molecule has 34 heavy (non-hydrogen) atoms. The molecule has 1 aromatic carbocycles. The van der Waals surface area contributed by atoms with Crippen LogP contribution in [0.3, 0.4) is 0 Å². The maximum Gasteiger partial charge on any atom is 0.159 e. The topological polar surface area (TPSA) is 44.2 Å². The SMILES string of the molecule is CCCCCCCCC=CCOc1cnc(-c2ccc(CCCCCCOCCC)cc2)nc1. The van der Waals surface area contributed by atoms with Crippen LogP contribution in [-0.2, 0) is 11.2 Å². The van der Waals surface area contributed by atoms with E-state index in [4.69, 9.17) is 9.47 Å². The minimum Gasteiger partial charge on any atom is -0.486 e. The van der Waals surface area contributed by atoms with E-state index in [1.54, 1.807) is 12.4 Å². The molecule has 0 atom stereocenters. The molecule has 4 nitrogen and oxygen atoms in total. The molecule has 0 unspecified atom stereocenters. The van der Waals surface area contributed by atoms with Gasteiger partial charge in [-0.2, -0.15) is 0 Å². The molecular weight excluding hydrogens is 420 g/mol. The van der Waals surface area contributed by atoms with Gasteiger partial charge in [-0.1, -0.05) is 95.2 Å². The molecule has 0 N–H and O–H groups in total. The Kier molecular flexibility index (Phi) is 15.8. The fraction of sp³-hybridized carbons (Fsp3) is 0.600. The van der Waals surface area contributed by atoms with Crippen molar-refractivity contribution in [2.45, 2.75) is 97.3 Å². The van der Waals surface area contributed by atoms with Crippen LogP contribution in [0.1, 0.15) is 96.5 Å². The van der Waals surface area contributed by atoms with E-state index in [1.807, 2.05) is 0 Å². The monoisotopic (exact) mass is 466 g/mol. The highest BCUT2D eigenvalue weighted by Gasteiger charge is 2.03. The number of unbranched alkanes of at least 4 members (excludes halogenated alkanes) is 9. The molecule has 0 spiro atoms. The summed E-state index contributed by atoms with van der Waals surface area (Å²) in [7, 11) is 0. The first-order valence-corrected chi connectivity index (χ1v) is 13.6. The van der Waals surface area contributed by atoms with E-state index in [1.165, 1.54) is 69.8 Å². The van der Waals surface area contributed by atoms with Crippen molar-refractivity contribution in [1.82, 2.24) is 9.97 Å². The zero-order valence-electron chi connectivity index (χ0n) is 21.6. The lowest BCUT2D eigenvalue weighted by Crippen LogP contribution is -1.96. The predicted molar refractivity (Wildman–Crippen MR) is 143 cm³/mol. The van der Waals surface area contributed by atoms with Crippen LogP contribution in [0.4, 0.5) is 0 Å². The molecule has 0 aliphatic rings. The molecule has 0 fully saturated rings. The van der Waals surface area contributed by atoms with Crippen molar-refractivity contribution in [3.63, 3.8) is 0 Å². The number of benzene rings is 1. The van der Waals surface area contributed by atoms with Gasteiger partial charge in [0.2, 0.25) is 0 Å².